The van der Waals surface area contributed by atoms with Crippen LogP contribution >= 0.6 is 0 Å². The number of hydrogen-bond donors (Lipinski definition) is 1. The van der Waals surface area contributed by atoms with Crippen LogP contribution in [0.1, 0.15) is 64.2 Å². The predicted octanol–water partition coefficient (Wildman–Crippen LogP) is 3.44. The lowest BCUT2D eigenvalue weighted by Crippen LogP contribution is -2.48. The Morgan fingerprint density at radius 2 is 1.85 bits per heavy atom. The molecule has 1 saturated heterocycles. The number of likely N-dealkylation sites (tertiary alicyclic amines) is 1. The number of rotatable bonds is 3. The van der Waals surface area contributed by atoms with Crippen LogP contribution < -0.4 is 0 Å². The Morgan fingerprint density at radius 3 is 2.55 bits per heavy atom. The van der Waals surface area contributed by atoms with Crippen molar-refractivity contribution in [3.8, 4) is 0 Å². The van der Waals surface area contributed by atoms with Gasteiger partial charge >= 0.3 is 0 Å². The van der Waals surface area contributed by atoms with E-state index < -0.39 is 0 Å². The van der Waals surface area contributed by atoms with E-state index in [0.717, 1.165) is 24.2 Å². The first-order valence-corrected chi connectivity index (χ1v) is 9.23. The molecule has 0 radical (unpaired) electrons. The van der Waals surface area contributed by atoms with Crippen LogP contribution in [0.4, 0.5) is 0 Å². The van der Waals surface area contributed by atoms with Crippen LogP contribution in [0.2, 0.25) is 0 Å². The van der Waals surface area contributed by atoms with Gasteiger partial charge in [-0.25, -0.2) is 0 Å². The van der Waals surface area contributed by atoms with E-state index in [1.807, 2.05) is 0 Å². The number of nitrogens with zero attached hydrogens (tertiary/aromatic N) is 1. The van der Waals surface area contributed by atoms with Crippen LogP contribution in [0.3, 0.4) is 0 Å². The van der Waals surface area contributed by atoms with Crippen molar-refractivity contribution in [1.29, 1.82) is 0 Å². The minimum absolute atomic E-state index is 0.000583. The summed E-state index contributed by atoms with van der Waals surface area (Å²) in [7, 11) is 0. The summed E-state index contributed by atoms with van der Waals surface area (Å²) < 4.78 is 0. The molecule has 4 fully saturated rings. The van der Waals surface area contributed by atoms with Gasteiger partial charge in [0.1, 0.15) is 0 Å². The lowest BCUT2D eigenvalue weighted by molar-refractivity contribution is 0.0224. The van der Waals surface area contributed by atoms with E-state index in [9.17, 15) is 5.11 Å². The molecule has 3 saturated carbocycles. The van der Waals surface area contributed by atoms with Crippen LogP contribution in [-0.4, -0.2) is 35.2 Å². The Bertz CT molecular complexity index is 344. The Kier molecular flexibility index (Phi) is 3.80. The zero-order valence-electron chi connectivity index (χ0n) is 12.8. The highest BCUT2D eigenvalue weighted by atomic mass is 16.3. The fourth-order valence-electron chi connectivity index (χ4n) is 6.05. The third-order valence-corrected chi connectivity index (χ3v) is 7.04. The van der Waals surface area contributed by atoms with Gasteiger partial charge < -0.3 is 5.11 Å². The summed E-state index contributed by atoms with van der Waals surface area (Å²) in [5.41, 5.74) is 0. The number of hydrogen-bond acceptors (Lipinski definition) is 2. The van der Waals surface area contributed by atoms with Gasteiger partial charge in [-0.3, -0.25) is 4.90 Å². The largest absolute Gasteiger partial charge is 0.393 e. The zero-order chi connectivity index (χ0) is 13.5. The van der Waals surface area contributed by atoms with Gasteiger partial charge in [0.15, 0.2) is 0 Å². The number of aliphatic hydroxyl groups excluding tert-OH is 1. The van der Waals surface area contributed by atoms with E-state index in [-0.39, 0.29) is 6.10 Å². The maximum Gasteiger partial charge on any atom is 0.0583 e. The summed E-state index contributed by atoms with van der Waals surface area (Å²) in [6, 6.07) is 0.709. The van der Waals surface area contributed by atoms with Gasteiger partial charge in [0.05, 0.1) is 6.10 Å². The van der Waals surface area contributed by atoms with E-state index in [4.69, 9.17) is 0 Å². The molecule has 114 valence electrons. The quantitative estimate of drug-likeness (QED) is 0.854. The van der Waals surface area contributed by atoms with E-state index in [2.05, 4.69) is 4.90 Å². The summed E-state index contributed by atoms with van der Waals surface area (Å²) in [5.74, 6) is 3.71. The second-order valence-corrected chi connectivity index (χ2v) is 8.16. The molecule has 2 bridgehead atoms. The van der Waals surface area contributed by atoms with Gasteiger partial charge in [0.2, 0.25) is 0 Å². The molecule has 0 aromatic heterocycles. The molecule has 6 atom stereocenters. The van der Waals surface area contributed by atoms with Crippen LogP contribution in [-0.2, 0) is 0 Å². The minimum Gasteiger partial charge on any atom is -0.393 e. The molecular weight excluding hydrogens is 246 g/mol. The topological polar surface area (TPSA) is 23.5 Å². The molecular formula is C18H31NO. The highest BCUT2D eigenvalue weighted by Crippen LogP contribution is 2.49. The highest BCUT2D eigenvalue weighted by Gasteiger charge is 2.42. The summed E-state index contributed by atoms with van der Waals surface area (Å²) in [6.45, 7) is 2.66. The number of piperidine rings is 1. The molecule has 1 N–H and O–H groups in total. The predicted molar refractivity (Wildman–Crippen MR) is 81.5 cm³/mol. The fraction of sp³-hybridized carbons (Fsp3) is 1.00. The molecule has 20 heavy (non-hydrogen) atoms. The molecule has 2 nitrogen and oxygen atoms in total. The molecule has 3 aliphatic carbocycles. The van der Waals surface area contributed by atoms with Crippen LogP contribution in [0.25, 0.3) is 0 Å². The van der Waals surface area contributed by atoms with Gasteiger partial charge in [-0.05, 0) is 69.2 Å². The Labute approximate surface area is 123 Å². The van der Waals surface area contributed by atoms with Crippen molar-refractivity contribution in [2.45, 2.75) is 76.4 Å². The van der Waals surface area contributed by atoms with Crippen molar-refractivity contribution in [1.82, 2.24) is 4.90 Å². The van der Waals surface area contributed by atoms with Crippen LogP contribution in [0.5, 0.6) is 0 Å². The van der Waals surface area contributed by atoms with Crippen molar-refractivity contribution in [2.24, 2.45) is 23.7 Å². The molecule has 4 aliphatic rings. The van der Waals surface area contributed by atoms with Crippen molar-refractivity contribution in [2.75, 3.05) is 13.1 Å². The maximum atomic E-state index is 10.3. The summed E-state index contributed by atoms with van der Waals surface area (Å²) in [5, 5.41) is 10.3. The third-order valence-electron chi connectivity index (χ3n) is 7.04. The highest BCUT2D eigenvalue weighted by molar-refractivity contribution is 4.95. The average Bonchev–Trinajstić information content (AvgIpc) is 3.16. The minimum atomic E-state index is 0.000583. The second-order valence-electron chi connectivity index (χ2n) is 8.16. The fourth-order valence-corrected chi connectivity index (χ4v) is 6.05. The van der Waals surface area contributed by atoms with Gasteiger partial charge in [-0.2, -0.15) is 0 Å². The first kappa shape index (κ1) is 13.6. The monoisotopic (exact) mass is 277 g/mol. The third kappa shape index (κ3) is 2.43. The van der Waals surface area contributed by atoms with Gasteiger partial charge in [-0.15, -0.1) is 0 Å². The molecule has 4 rings (SSSR count). The molecule has 0 aromatic carbocycles. The summed E-state index contributed by atoms with van der Waals surface area (Å²) in [4.78, 5) is 2.81. The molecule has 6 unspecified atom stereocenters. The number of aliphatic hydroxyl groups is 1. The maximum absolute atomic E-state index is 10.3. The summed E-state index contributed by atoms with van der Waals surface area (Å²) in [6.07, 6.45) is 13.8. The van der Waals surface area contributed by atoms with Crippen LogP contribution in [0, 0.1) is 23.7 Å². The SMILES string of the molecule is OC1CCCC1C1CCCCN1CC1CC2CCC1C2. The van der Waals surface area contributed by atoms with Crippen molar-refractivity contribution in [3.63, 3.8) is 0 Å². The average molecular weight is 277 g/mol. The first-order valence-electron chi connectivity index (χ1n) is 9.23. The first-order chi connectivity index (χ1) is 9.81. The summed E-state index contributed by atoms with van der Waals surface area (Å²) >= 11 is 0. The molecule has 1 heterocycles. The molecule has 2 heteroatoms. The Morgan fingerprint density at radius 1 is 0.900 bits per heavy atom. The van der Waals surface area contributed by atoms with Gasteiger partial charge in [0, 0.05) is 18.5 Å². The van der Waals surface area contributed by atoms with Crippen molar-refractivity contribution in [3.05, 3.63) is 0 Å². The normalized spacial score (nSPS) is 49.0. The molecule has 0 aromatic rings. The zero-order valence-corrected chi connectivity index (χ0v) is 12.8. The standard InChI is InChI=1S/C18H31NO/c20-18-6-3-4-16(18)17-5-1-2-9-19(17)12-15-11-13-7-8-14(15)10-13/h13-18,20H,1-12H2. The Hall–Kier alpha value is -0.0800. The van der Waals surface area contributed by atoms with E-state index in [1.165, 1.54) is 70.9 Å². The van der Waals surface area contributed by atoms with Gasteiger partial charge in [0.25, 0.3) is 0 Å². The van der Waals surface area contributed by atoms with E-state index in [0.29, 0.717) is 12.0 Å². The van der Waals surface area contributed by atoms with Crippen molar-refractivity contribution >= 4 is 0 Å². The van der Waals surface area contributed by atoms with Gasteiger partial charge in [-0.1, -0.05) is 19.3 Å². The molecule has 0 spiro atoms. The van der Waals surface area contributed by atoms with Crippen molar-refractivity contribution < 1.29 is 5.11 Å². The number of fused-ring (bicyclic) bond motifs is 2. The smallest absolute Gasteiger partial charge is 0.0583 e. The molecule has 0 amide bonds. The van der Waals surface area contributed by atoms with E-state index in [1.54, 1.807) is 0 Å². The van der Waals surface area contributed by atoms with E-state index >= 15 is 0 Å². The Balaban J connectivity index is 1.41. The second kappa shape index (κ2) is 5.61. The van der Waals surface area contributed by atoms with Crippen LogP contribution in [0.15, 0.2) is 0 Å². The lowest BCUT2D eigenvalue weighted by Gasteiger charge is -2.42. The lowest BCUT2D eigenvalue weighted by atomic mass is 9.84. The molecule has 1 aliphatic heterocycles.